The second kappa shape index (κ2) is 5.85. The highest BCUT2D eigenvalue weighted by Gasteiger charge is 2.22. The van der Waals surface area contributed by atoms with Crippen molar-refractivity contribution in [2.45, 2.75) is 45.7 Å². The summed E-state index contributed by atoms with van der Waals surface area (Å²) in [6.07, 6.45) is 1.16. The standard InChI is InChI=1S/C16H25NO/c1-12(2)14-5-6-15-9-13(3)17(7-8-18-4)11-16(15)10-14/h5-6,10,12-13H,7-9,11H2,1-4H3. The third-order valence-corrected chi connectivity index (χ3v) is 3.99. The number of hydrogen-bond donors (Lipinski definition) is 0. The van der Waals surface area contributed by atoms with Crippen molar-refractivity contribution in [3.63, 3.8) is 0 Å². The number of nitrogens with zero attached hydrogens (tertiary/aromatic N) is 1. The van der Waals surface area contributed by atoms with E-state index in [0.717, 1.165) is 26.1 Å². The Labute approximate surface area is 111 Å². The van der Waals surface area contributed by atoms with E-state index in [4.69, 9.17) is 4.74 Å². The Morgan fingerprint density at radius 1 is 1.33 bits per heavy atom. The number of benzene rings is 1. The van der Waals surface area contributed by atoms with E-state index in [1.165, 1.54) is 16.7 Å². The topological polar surface area (TPSA) is 12.5 Å². The molecule has 1 unspecified atom stereocenters. The van der Waals surface area contributed by atoms with Crippen LogP contribution in [0.3, 0.4) is 0 Å². The monoisotopic (exact) mass is 247 g/mol. The van der Waals surface area contributed by atoms with Gasteiger partial charge in [0.15, 0.2) is 0 Å². The molecule has 1 aliphatic heterocycles. The third-order valence-electron chi connectivity index (χ3n) is 3.99. The summed E-state index contributed by atoms with van der Waals surface area (Å²) in [5.74, 6) is 0.613. The van der Waals surface area contributed by atoms with E-state index in [0.29, 0.717) is 12.0 Å². The van der Waals surface area contributed by atoms with Gasteiger partial charge >= 0.3 is 0 Å². The van der Waals surface area contributed by atoms with Gasteiger partial charge in [0.2, 0.25) is 0 Å². The molecule has 1 aromatic rings. The third kappa shape index (κ3) is 2.93. The highest BCUT2D eigenvalue weighted by Crippen LogP contribution is 2.26. The summed E-state index contributed by atoms with van der Waals surface area (Å²) in [5, 5.41) is 0. The van der Waals surface area contributed by atoms with Crippen LogP contribution in [0.4, 0.5) is 0 Å². The lowest BCUT2D eigenvalue weighted by Crippen LogP contribution is -2.40. The Balaban J connectivity index is 2.16. The van der Waals surface area contributed by atoms with E-state index < -0.39 is 0 Å². The van der Waals surface area contributed by atoms with E-state index in [2.05, 4.69) is 43.9 Å². The Bertz CT molecular complexity index is 400. The zero-order valence-corrected chi connectivity index (χ0v) is 12.1. The van der Waals surface area contributed by atoms with Crippen molar-refractivity contribution in [2.75, 3.05) is 20.3 Å². The average molecular weight is 247 g/mol. The smallest absolute Gasteiger partial charge is 0.0589 e. The van der Waals surface area contributed by atoms with Gasteiger partial charge in [0.25, 0.3) is 0 Å². The molecule has 0 saturated heterocycles. The highest BCUT2D eigenvalue weighted by atomic mass is 16.5. The van der Waals surface area contributed by atoms with Crippen molar-refractivity contribution >= 4 is 0 Å². The summed E-state index contributed by atoms with van der Waals surface area (Å²) in [7, 11) is 1.78. The lowest BCUT2D eigenvalue weighted by molar-refractivity contribution is 0.113. The molecule has 0 fully saturated rings. The molecule has 2 heteroatoms. The predicted molar refractivity (Wildman–Crippen MR) is 76.0 cm³/mol. The molecule has 1 aliphatic rings. The molecule has 1 aromatic carbocycles. The molecule has 2 rings (SSSR count). The van der Waals surface area contributed by atoms with Gasteiger partial charge in [0.1, 0.15) is 0 Å². The SMILES string of the molecule is COCCN1Cc2cc(C(C)C)ccc2CC1C. The minimum Gasteiger partial charge on any atom is -0.383 e. The van der Waals surface area contributed by atoms with E-state index in [-0.39, 0.29) is 0 Å². The molecule has 0 spiro atoms. The maximum atomic E-state index is 5.20. The molecule has 0 saturated carbocycles. The van der Waals surface area contributed by atoms with Crippen molar-refractivity contribution in [3.8, 4) is 0 Å². The van der Waals surface area contributed by atoms with Gasteiger partial charge in [-0.1, -0.05) is 32.0 Å². The predicted octanol–water partition coefficient (Wildman–Crippen LogP) is 3.20. The molecule has 100 valence electrons. The van der Waals surface area contributed by atoms with Crippen LogP contribution in [0.15, 0.2) is 18.2 Å². The lowest BCUT2D eigenvalue weighted by atomic mass is 9.91. The molecule has 1 atom stereocenters. The van der Waals surface area contributed by atoms with Gasteiger partial charge in [-0.2, -0.15) is 0 Å². The van der Waals surface area contributed by atoms with Gasteiger partial charge in [-0.25, -0.2) is 0 Å². The summed E-state index contributed by atoms with van der Waals surface area (Å²) in [5.41, 5.74) is 4.49. The Morgan fingerprint density at radius 3 is 2.78 bits per heavy atom. The first-order valence-corrected chi connectivity index (χ1v) is 6.96. The number of ether oxygens (including phenoxy) is 1. The van der Waals surface area contributed by atoms with Crippen LogP contribution in [0.5, 0.6) is 0 Å². The summed E-state index contributed by atoms with van der Waals surface area (Å²) < 4.78 is 5.20. The van der Waals surface area contributed by atoms with Gasteiger partial charge in [-0.05, 0) is 36.0 Å². The molecule has 0 amide bonds. The maximum Gasteiger partial charge on any atom is 0.0589 e. The highest BCUT2D eigenvalue weighted by molar-refractivity contribution is 5.35. The maximum absolute atomic E-state index is 5.20. The van der Waals surface area contributed by atoms with Gasteiger partial charge in [-0.3, -0.25) is 4.90 Å². The van der Waals surface area contributed by atoms with Crippen LogP contribution in [0.25, 0.3) is 0 Å². The number of rotatable bonds is 4. The van der Waals surface area contributed by atoms with E-state index >= 15 is 0 Å². The molecule has 0 aliphatic carbocycles. The van der Waals surface area contributed by atoms with Gasteiger partial charge in [-0.15, -0.1) is 0 Å². The molecular weight excluding hydrogens is 222 g/mol. The van der Waals surface area contributed by atoms with Crippen molar-refractivity contribution in [2.24, 2.45) is 0 Å². The fourth-order valence-electron chi connectivity index (χ4n) is 2.68. The van der Waals surface area contributed by atoms with Crippen molar-refractivity contribution in [1.29, 1.82) is 0 Å². The summed E-state index contributed by atoms with van der Waals surface area (Å²) in [6.45, 7) is 9.76. The van der Waals surface area contributed by atoms with Crippen LogP contribution in [0, 0.1) is 0 Å². The molecule has 1 heterocycles. The largest absolute Gasteiger partial charge is 0.383 e. The summed E-state index contributed by atoms with van der Waals surface area (Å²) in [4.78, 5) is 2.52. The van der Waals surface area contributed by atoms with Crippen molar-refractivity contribution in [1.82, 2.24) is 4.90 Å². The quantitative estimate of drug-likeness (QED) is 0.810. The molecule has 0 bridgehead atoms. The number of hydrogen-bond acceptors (Lipinski definition) is 2. The van der Waals surface area contributed by atoms with E-state index in [1.54, 1.807) is 7.11 Å². The first kappa shape index (κ1) is 13.6. The van der Waals surface area contributed by atoms with Crippen LogP contribution < -0.4 is 0 Å². The minimum atomic E-state index is 0.613. The fraction of sp³-hybridized carbons (Fsp3) is 0.625. The average Bonchev–Trinajstić information content (AvgIpc) is 2.35. The molecular formula is C16H25NO. The van der Waals surface area contributed by atoms with Crippen LogP contribution in [-0.2, 0) is 17.7 Å². The second-order valence-corrected chi connectivity index (χ2v) is 5.70. The zero-order valence-electron chi connectivity index (χ0n) is 12.1. The molecule has 0 aromatic heterocycles. The van der Waals surface area contributed by atoms with Crippen LogP contribution in [-0.4, -0.2) is 31.2 Å². The fourth-order valence-corrected chi connectivity index (χ4v) is 2.68. The van der Waals surface area contributed by atoms with Crippen LogP contribution in [0.1, 0.15) is 43.4 Å². The first-order valence-electron chi connectivity index (χ1n) is 6.96. The van der Waals surface area contributed by atoms with Crippen LogP contribution in [0.2, 0.25) is 0 Å². The first-order chi connectivity index (χ1) is 8.61. The normalized spacial score (nSPS) is 20.2. The van der Waals surface area contributed by atoms with Gasteiger partial charge in [0.05, 0.1) is 6.61 Å². The van der Waals surface area contributed by atoms with E-state index in [1.807, 2.05) is 0 Å². The number of methoxy groups -OCH3 is 1. The zero-order chi connectivity index (χ0) is 13.1. The molecule has 0 radical (unpaired) electrons. The Kier molecular flexibility index (Phi) is 4.41. The van der Waals surface area contributed by atoms with Gasteiger partial charge in [0, 0.05) is 26.2 Å². The van der Waals surface area contributed by atoms with Crippen molar-refractivity contribution < 1.29 is 4.74 Å². The Hall–Kier alpha value is -0.860. The summed E-state index contributed by atoms with van der Waals surface area (Å²) in [6, 6.07) is 7.64. The van der Waals surface area contributed by atoms with E-state index in [9.17, 15) is 0 Å². The molecule has 2 nitrogen and oxygen atoms in total. The van der Waals surface area contributed by atoms with Gasteiger partial charge < -0.3 is 4.74 Å². The summed E-state index contributed by atoms with van der Waals surface area (Å²) >= 11 is 0. The second-order valence-electron chi connectivity index (χ2n) is 5.70. The molecule has 0 N–H and O–H groups in total. The van der Waals surface area contributed by atoms with Crippen molar-refractivity contribution in [3.05, 3.63) is 34.9 Å². The Morgan fingerprint density at radius 2 is 2.11 bits per heavy atom. The number of fused-ring (bicyclic) bond motifs is 1. The lowest BCUT2D eigenvalue weighted by Gasteiger charge is -2.35. The molecule has 18 heavy (non-hydrogen) atoms. The van der Waals surface area contributed by atoms with Crippen LogP contribution >= 0.6 is 0 Å². The minimum absolute atomic E-state index is 0.613.